The van der Waals surface area contributed by atoms with Gasteiger partial charge in [0.1, 0.15) is 17.5 Å². The second-order valence-corrected chi connectivity index (χ2v) is 7.44. The monoisotopic (exact) mass is 403 g/mol. The highest BCUT2D eigenvalue weighted by atomic mass is 16.5. The molecule has 2 heterocycles. The van der Waals surface area contributed by atoms with E-state index in [1.807, 2.05) is 48.5 Å². The fourth-order valence-electron chi connectivity index (χ4n) is 4.28. The first-order valence-electron chi connectivity index (χ1n) is 9.77. The SMILES string of the molecule is COc1ccc([C@H]2CC(=O)C3=C(C2)Nc2nnnn2[C@@H]3c2ccc(OC)cc2)cc1. The summed E-state index contributed by atoms with van der Waals surface area (Å²) in [6, 6.07) is 15.2. The molecule has 5 rings (SSSR count). The smallest absolute Gasteiger partial charge is 0.248 e. The van der Waals surface area contributed by atoms with Crippen molar-refractivity contribution < 1.29 is 14.3 Å². The molecule has 0 fully saturated rings. The first-order chi connectivity index (χ1) is 14.7. The molecule has 2 aliphatic rings. The number of allylic oxidation sites excluding steroid dienone is 2. The van der Waals surface area contributed by atoms with E-state index in [2.05, 4.69) is 20.8 Å². The van der Waals surface area contributed by atoms with E-state index in [0.29, 0.717) is 18.8 Å². The predicted octanol–water partition coefficient (Wildman–Crippen LogP) is 3.11. The number of hydrogen-bond donors (Lipinski definition) is 1. The van der Waals surface area contributed by atoms with Crippen molar-refractivity contribution in [1.82, 2.24) is 20.2 Å². The molecule has 0 saturated carbocycles. The zero-order chi connectivity index (χ0) is 20.7. The second kappa shape index (κ2) is 7.29. The number of tetrazole rings is 1. The van der Waals surface area contributed by atoms with Crippen molar-refractivity contribution in [2.45, 2.75) is 24.8 Å². The summed E-state index contributed by atoms with van der Waals surface area (Å²) >= 11 is 0. The molecule has 3 aromatic rings. The lowest BCUT2D eigenvalue weighted by Crippen LogP contribution is -2.33. The van der Waals surface area contributed by atoms with E-state index in [9.17, 15) is 4.79 Å². The van der Waals surface area contributed by atoms with E-state index in [1.54, 1.807) is 18.9 Å². The summed E-state index contributed by atoms with van der Waals surface area (Å²) in [5, 5.41) is 15.4. The molecule has 2 aromatic carbocycles. The number of nitrogens with one attached hydrogen (secondary N) is 1. The predicted molar refractivity (Wildman–Crippen MR) is 110 cm³/mol. The number of methoxy groups -OCH3 is 2. The van der Waals surface area contributed by atoms with Gasteiger partial charge in [0, 0.05) is 17.7 Å². The van der Waals surface area contributed by atoms with Gasteiger partial charge in [-0.1, -0.05) is 29.4 Å². The molecular weight excluding hydrogens is 382 g/mol. The van der Waals surface area contributed by atoms with Crippen molar-refractivity contribution in [1.29, 1.82) is 0 Å². The van der Waals surface area contributed by atoms with Crippen molar-refractivity contribution in [3.8, 4) is 11.5 Å². The van der Waals surface area contributed by atoms with Gasteiger partial charge in [0.2, 0.25) is 5.95 Å². The number of nitrogens with zero attached hydrogens (tertiary/aromatic N) is 4. The van der Waals surface area contributed by atoms with Crippen LogP contribution in [0.1, 0.15) is 35.9 Å². The minimum absolute atomic E-state index is 0.0913. The Labute approximate surface area is 173 Å². The Morgan fingerprint density at radius 2 is 1.57 bits per heavy atom. The minimum Gasteiger partial charge on any atom is -0.497 e. The molecule has 152 valence electrons. The molecule has 8 nitrogen and oxygen atoms in total. The molecule has 0 saturated heterocycles. The number of ketones is 1. The Morgan fingerprint density at radius 1 is 0.933 bits per heavy atom. The Bertz CT molecular complexity index is 1120. The molecular formula is C22H21N5O3. The maximum absolute atomic E-state index is 13.3. The summed E-state index contributed by atoms with van der Waals surface area (Å²) in [7, 11) is 3.27. The van der Waals surface area contributed by atoms with Crippen LogP contribution >= 0.6 is 0 Å². The molecule has 30 heavy (non-hydrogen) atoms. The third kappa shape index (κ3) is 3.01. The lowest BCUT2D eigenvalue weighted by atomic mass is 9.78. The molecule has 1 N–H and O–H groups in total. The molecule has 0 radical (unpaired) electrons. The number of aromatic nitrogens is 4. The van der Waals surface area contributed by atoms with Crippen LogP contribution in [0.5, 0.6) is 11.5 Å². The number of carbonyl (C=O) groups is 1. The molecule has 0 unspecified atom stereocenters. The average molecular weight is 403 g/mol. The van der Waals surface area contributed by atoms with Gasteiger partial charge in [-0.25, -0.2) is 0 Å². The fourth-order valence-corrected chi connectivity index (χ4v) is 4.28. The van der Waals surface area contributed by atoms with Crippen LogP contribution in [0.2, 0.25) is 0 Å². The number of hydrogen-bond acceptors (Lipinski definition) is 7. The topological polar surface area (TPSA) is 91.2 Å². The van der Waals surface area contributed by atoms with Crippen molar-refractivity contribution in [2.75, 3.05) is 19.5 Å². The van der Waals surface area contributed by atoms with Crippen molar-refractivity contribution in [3.05, 3.63) is 70.9 Å². The van der Waals surface area contributed by atoms with Gasteiger partial charge in [-0.2, -0.15) is 4.68 Å². The van der Waals surface area contributed by atoms with E-state index in [0.717, 1.165) is 33.9 Å². The van der Waals surface area contributed by atoms with Gasteiger partial charge >= 0.3 is 0 Å². The van der Waals surface area contributed by atoms with Crippen molar-refractivity contribution in [2.24, 2.45) is 0 Å². The van der Waals surface area contributed by atoms with Crippen LogP contribution < -0.4 is 14.8 Å². The molecule has 0 spiro atoms. The Morgan fingerprint density at radius 3 is 2.20 bits per heavy atom. The molecule has 0 bridgehead atoms. The van der Waals surface area contributed by atoms with Gasteiger partial charge in [0.25, 0.3) is 0 Å². The van der Waals surface area contributed by atoms with Crippen LogP contribution in [0.4, 0.5) is 5.95 Å². The maximum Gasteiger partial charge on any atom is 0.248 e. The summed E-state index contributed by atoms with van der Waals surface area (Å²) in [5.74, 6) is 2.29. The number of Topliss-reactive ketones (excluding diaryl/α,β-unsaturated/α-hetero) is 1. The van der Waals surface area contributed by atoms with Gasteiger partial charge in [0.15, 0.2) is 5.78 Å². The molecule has 1 aliphatic heterocycles. The van der Waals surface area contributed by atoms with Gasteiger partial charge in [-0.05, 0) is 58.2 Å². The number of anilines is 1. The van der Waals surface area contributed by atoms with Crippen LogP contribution in [-0.2, 0) is 4.79 Å². The van der Waals surface area contributed by atoms with Gasteiger partial charge < -0.3 is 14.8 Å². The molecule has 8 heteroatoms. The minimum atomic E-state index is -0.360. The highest BCUT2D eigenvalue weighted by Gasteiger charge is 2.39. The van der Waals surface area contributed by atoms with Crippen LogP contribution in [-0.4, -0.2) is 40.2 Å². The number of ether oxygens (including phenoxy) is 2. The highest BCUT2D eigenvalue weighted by Crippen LogP contribution is 2.43. The molecule has 1 aliphatic carbocycles. The Kier molecular flexibility index (Phi) is 4.46. The highest BCUT2D eigenvalue weighted by molar-refractivity contribution is 6.00. The number of rotatable bonds is 4. The summed E-state index contributed by atoms with van der Waals surface area (Å²) in [4.78, 5) is 13.3. The fraction of sp³-hybridized carbons (Fsp3) is 0.273. The zero-order valence-corrected chi connectivity index (χ0v) is 16.7. The molecule has 1 aromatic heterocycles. The van der Waals surface area contributed by atoms with Crippen LogP contribution in [0.3, 0.4) is 0 Å². The molecule has 2 atom stereocenters. The van der Waals surface area contributed by atoms with Gasteiger partial charge in [0.05, 0.1) is 14.2 Å². The van der Waals surface area contributed by atoms with E-state index < -0.39 is 0 Å². The summed E-state index contributed by atoms with van der Waals surface area (Å²) in [5.41, 5.74) is 3.66. The largest absolute Gasteiger partial charge is 0.497 e. The number of fused-ring (bicyclic) bond motifs is 1. The summed E-state index contributed by atoms with van der Waals surface area (Å²) < 4.78 is 12.2. The van der Waals surface area contributed by atoms with Crippen LogP contribution in [0.25, 0.3) is 0 Å². The van der Waals surface area contributed by atoms with E-state index in [4.69, 9.17) is 9.47 Å². The second-order valence-electron chi connectivity index (χ2n) is 7.44. The zero-order valence-electron chi connectivity index (χ0n) is 16.7. The summed E-state index contributed by atoms with van der Waals surface area (Å²) in [6.07, 6.45) is 1.16. The van der Waals surface area contributed by atoms with E-state index >= 15 is 0 Å². The first-order valence-corrected chi connectivity index (χ1v) is 9.77. The van der Waals surface area contributed by atoms with Crippen molar-refractivity contribution in [3.63, 3.8) is 0 Å². The number of carbonyl (C=O) groups excluding carboxylic acids is 1. The lowest BCUT2D eigenvalue weighted by molar-refractivity contribution is -0.116. The Balaban J connectivity index is 1.54. The normalized spacial score (nSPS) is 20.3. The first kappa shape index (κ1) is 18.4. The van der Waals surface area contributed by atoms with Gasteiger partial charge in [-0.3, -0.25) is 4.79 Å². The van der Waals surface area contributed by atoms with Gasteiger partial charge in [-0.15, -0.1) is 0 Å². The lowest BCUT2D eigenvalue weighted by Gasteiger charge is -2.34. The standard InChI is InChI=1S/C22H21N5O3/c1-29-16-7-3-13(4-8-16)15-11-18-20(19(28)12-15)21(27-22(23-18)24-25-26-27)14-5-9-17(30-2)10-6-14/h3-10,15,21H,11-12H2,1-2H3,(H,23,24,26)/t15-,21-/m1/s1. The van der Waals surface area contributed by atoms with Crippen LogP contribution in [0.15, 0.2) is 59.8 Å². The van der Waals surface area contributed by atoms with Crippen molar-refractivity contribution >= 4 is 11.7 Å². The molecule has 0 amide bonds. The number of benzene rings is 2. The maximum atomic E-state index is 13.3. The van der Waals surface area contributed by atoms with E-state index in [-0.39, 0.29) is 17.7 Å². The third-order valence-electron chi connectivity index (χ3n) is 5.80. The Hall–Kier alpha value is -3.68. The average Bonchev–Trinajstić information content (AvgIpc) is 3.26. The third-order valence-corrected chi connectivity index (χ3v) is 5.80. The van der Waals surface area contributed by atoms with E-state index in [1.165, 1.54) is 0 Å². The van der Waals surface area contributed by atoms with Crippen LogP contribution in [0, 0.1) is 0 Å². The summed E-state index contributed by atoms with van der Waals surface area (Å²) in [6.45, 7) is 0. The quantitative estimate of drug-likeness (QED) is 0.716.